The van der Waals surface area contributed by atoms with Gasteiger partial charge in [-0.1, -0.05) is 13.8 Å². The Hall–Kier alpha value is -1.32. The third-order valence-electron chi connectivity index (χ3n) is 2.67. The maximum Gasteiger partial charge on any atom is 0.252 e. The van der Waals surface area contributed by atoms with Crippen LogP contribution in [0, 0.1) is 5.41 Å². The van der Waals surface area contributed by atoms with Crippen LogP contribution in [-0.4, -0.2) is 23.1 Å². The van der Waals surface area contributed by atoms with Crippen LogP contribution in [0.2, 0.25) is 0 Å². The molecule has 4 nitrogen and oxygen atoms in total. The van der Waals surface area contributed by atoms with E-state index in [1.165, 1.54) is 6.33 Å². The summed E-state index contributed by atoms with van der Waals surface area (Å²) in [7, 11) is 0. The summed E-state index contributed by atoms with van der Waals surface area (Å²) in [6.45, 7) is 6.44. The van der Waals surface area contributed by atoms with Gasteiger partial charge in [-0.05, 0) is 11.8 Å². The van der Waals surface area contributed by atoms with Gasteiger partial charge in [-0.2, -0.15) is 0 Å². The quantitative estimate of drug-likeness (QED) is 0.724. The van der Waals surface area contributed by atoms with Gasteiger partial charge in [-0.25, -0.2) is 4.98 Å². The normalized spacial score (nSPS) is 20.0. The Labute approximate surface area is 83.0 Å². The molecule has 2 rings (SSSR count). The molecule has 0 aliphatic carbocycles. The number of hydrogen-bond donors (Lipinski definition) is 1. The molecule has 1 aliphatic rings. The topological polar surface area (TPSA) is 49.0 Å². The van der Waals surface area contributed by atoms with Gasteiger partial charge in [0.25, 0.3) is 5.56 Å². The van der Waals surface area contributed by atoms with Crippen LogP contribution in [0.5, 0.6) is 0 Å². The summed E-state index contributed by atoms with van der Waals surface area (Å²) in [5.41, 5.74) is 0.254. The number of hydrogen-bond acceptors (Lipinski definition) is 3. The lowest BCUT2D eigenvalue weighted by Gasteiger charge is -2.19. The fourth-order valence-electron chi connectivity index (χ4n) is 1.84. The zero-order valence-electron chi connectivity index (χ0n) is 8.58. The van der Waals surface area contributed by atoms with Crippen LogP contribution in [0.3, 0.4) is 0 Å². The molecule has 1 saturated heterocycles. The maximum atomic E-state index is 11.1. The smallest absolute Gasteiger partial charge is 0.252 e. The molecule has 14 heavy (non-hydrogen) atoms. The van der Waals surface area contributed by atoms with E-state index in [1.807, 2.05) is 0 Å². The Morgan fingerprint density at radius 2 is 2.36 bits per heavy atom. The van der Waals surface area contributed by atoms with E-state index in [-0.39, 0.29) is 5.56 Å². The van der Waals surface area contributed by atoms with Gasteiger partial charge in [0.15, 0.2) is 0 Å². The van der Waals surface area contributed by atoms with Gasteiger partial charge in [0, 0.05) is 19.2 Å². The minimum Gasteiger partial charge on any atom is -0.356 e. The van der Waals surface area contributed by atoms with Gasteiger partial charge in [-0.3, -0.25) is 4.79 Å². The van der Waals surface area contributed by atoms with Gasteiger partial charge in [-0.15, -0.1) is 0 Å². The number of aromatic amines is 1. The molecule has 2 heterocycles. The van der Waals surface area contributed by atoms with Crippen molar-refractivity contribution in [1.82, 2.24) is 9.97 Å². The summed E-state index contributed by atoms with van der Waals surface area (Å²) < 4.78 is 0. The molecule has 0 amide bonds. The molecule has 0 saturated carbocycles. The van der Waals surface area contributed by atoms with Crippen LogP contribution >= 0.6 is 0 Å². The number of nitrogens with one attached hydrogen (secondary N) is 1. The Morgan fingerprint density at radius 1 is 1.57 bits per heavy atom. The van der Waals surface area contributed by atoms with E-state index < -0.39 is 0 Å². The van der Waals surface area contributed by atoms with Crippen LogP contribution in [0.15, 0.2) is 17.2 Å². The van der Waals surface area contributed by atoms with Crippen LogP contribution < -0.4 is 10.5 Å². The van der Waals surface area contributed by atoms with Gasteiger partial charge < -0.3 is 9.88 Å². The van der Waals surface area contributed by atoms with Gasteiger partial charge in [0.2, 0.25) is 0 Å². The van der Waals surface area contributed by atoms with Crippen molar-refractivity contribution in [3.63, 3.8) is 0 Å². The molecule has 1 fully saturated rings. The zero-order valence-corrected chi connectivity index (χ0v) is 8.58. The first kappa shape index (κ1) is 9.24. The fraction of sp³-hybridized carbons (Fsp3) is 0.600. The van der Waals surface area contributed by atoms with E-state index in [1.54, 1.807) is 6.07 Å². The van der Waals surface area contributed by atoms with E-state index >= 15 is 0 Å². The number of anilines is 1. The van der Waals surface area contributed by atoms with Crippen LogP contribution in [-0.2, 0) is 0 Å². The van der Waals surface area contributed by atoms with E-state index in [2.05, 4.69) is 28.7 Å². The summed E-state index contributed by atoms with van der Waals surface area (Å²) in [5, 5.41) is 0. The summed E-state index contributed by atoms with van der Waals surface area (Å²) in [6.07, 6.45) is 2.62. The molecule has 1 N–H and O–H groups in total. The third kappa shape index (κ3) is 1.78. The molecule has 0 aromatic carbocycles. The van der Waals surface area contributed by atoms with Crippen molar-refractivity contribution in [3.05, 3.63) is 22.7 Å². The second-order valence-electron chi connectivity index (χ2n) is 4.61. The number of nitrogens with zero attached hydrogens (tertiary/aromatic N) is 2. The van der Waals surface area contributed by atoms with Crippen molar-refractivity contribution in [2.45, 2.75) is 20.3 Å². The highest BCUT2D eigenvalue weighted by molar-refractivity contribution is 5.38. The average molecular weight is 193 g/mol. The third-order valence-corrected chi connectivity index (χ3v) is 2.67. The first-order valence-electron chi connectivity index (χ1n) is 4.87. The highest BCUT2D eigenvalue weighted by atomic mass is 16.1. The van der Waals surface area contributed by atoms with Crippen molar-refractivity contribution < 1.29 is 0 Å². The molecular formula is C10H15N3O. The average Bonchev–Trinajstić information content (AvgIpc) is 2.46. The van der Waals surface area contributed by atoms with Crippen molar-refractivity contribution in [2.75, 3.05) is 18.0 Å². The highest BCUT2D eigenvalue weighted by Gasteiger charge is 2.29. The zero-order chi connectivity index (χ0) is 10.2. The standard InChI is InChI=1S/C10H15N3O/c1-10(2)3-4-13(6-10)8-5-9(14)12-7-11-8/h5,7H,3-4,6H2,1-2H3,(H,11,12,14). The summed E-state index contributed by atoms with van der Waals surface area (Å²) >= 11 is 0. The van der Waals surface area contributed by atoms with Gasteiger partial charge in [0.05, 0.1) is 6.33 Å². The van der Waals surface area contributed by atoms with E-state index in [9.17, 15) is 4.79 Å². The van der Waals surface area contributed by atoms with Gasteiger partial charge in [0.1, 0.15) is 5.82 Å². The Balaban J connectivity index is 2.22. The largest absolute Gasteiger partial charge is 0.356 e. The lowest BCUT2D eigenvalue weighted by Crippen LogP contribution is -2.25. The first-order chi connectivity index (χ1) is 6.57. The second-order valence-corrected chi connectivity index (χ2v) is 4.61. The minimum absolute atomic E-state index is 0.0836. The molecule has 1 aromatic heterocycles. The molecule has 0 bridgehead atoms. The Kier molecular flexibility index (Phi) is 2.06. The molecule has 4 heteroatoms. The second kappa shape index (κ2) is 3.12. The lowest BCUT2D eigenvalue weighted by molar-refractivity contribution is 0.418. The van der Waals surface area contributed by atoms with Crippen molar-refractivity contribution >= 4 is 5.82 Å². The molecule has 1 aliphatic heterocycles. The number of aromatic nitrogens is 2. The molecule has 0 radical (unpaired) electrons. The molecule has 1 aromatic rings. The van der Waals surface area contributed by atoms with Crippen molar-refractivity contribution in [3.8, 4) is 0 Å². The van der Waals surface area contributed by atoms with Crippen LogP contribution in [0.1, 0.15) is 20.3 Å². The summed E-state index contributed by atoms with van der Waals surface area (Å²) in [5.74, 6) is 0.791. The van der Waals surface area contributed by atoms with E-state index in [4.69, 9.17) is 0 Å². The molecule has 0 atom stereocenters. The highest BCUT2D eigenvalue weighted by Crippen LogP contribution is 2.30. The summed E-state index contributed by atoms with van der Waals surface area (Å²) in [6, 6.07) is 1.56. The molecule has 0 spiro atoms. The van der Waals surface area contributed by atoms with Crippen LogP contribution in [0.4, 0.5) is 5.82 Å². The fourth-order valence-corrected chi connectivity index (χ4v) is 1.84. The predicted molar refractivity (Wildman–Crippen MR) is 55.5 cm³/mol. The van der Waals surface area contributed by atoms with Crippen LogP contribution in [0.25, 0.3) is 0 Å². The first-order valence-corrected chi connectivity index (χ1v) is 4.87. The predicted octanol–water partition coefficient (Wildman–Crippen LogP) is 1.01. The lowest BCUT2D eigenvalue weighted by atomic mass is 9.93. The van der Waals surface area contributed by atoms with E-state index in [0.29, 0.717) is 5.41 Å². The molecule has 76 valence electrons. The molecular weight excluding hydrogens is 178 g/mol. The number of H-pyrrole nitrogens is 1. The van der Waals surface area contributed by atoms with Crippen molar-refractivity contribution in [2.24, 2.45) is 5.41 Å². The monoisotopic (exact) mass is 193 g/mol. The SMILES string of the molecule is CC1(C)CCN(c2cc(=O)[nH]cn2)C1. The number of rotatable bonds is 1. The van der Waals surface area contributed by atoms with E-state index in [0.717, 1.165) is 25.3 Å². The Bertz CT molecular complexity index is 383. The van der Waals surface area contributed by atoms with Crippen molar-refractivity contribution in [1.29, 1.82) is 0 Å². The van der Waals surface area contributed by atoms with Gasteiger partial charge >= 0.3 is 0 Å². The Morgan fingerprint density at radius 3 is 2.93 bits per heavy atom. The summed E-state index contributed by atoms with van der Waals surface area (Å²) in [4.78, 5) is 19.9. The molecule has 0 unspecified atom stereocenters. The maximum absolute atomic E-state index is 11.1. The minimum atomic E-state index is -0.0836.